The van der Waals surface area contributed by atoms with E-state index in [0.29, 0.717) is 5.56 Å². The van der Waals surface area contributed by atoms with Crippen molar-refractivity contribution in [1.82, 2.24) is 19.7 Å². The Hall–Kier alpha value is -5.23. The zero-order valence-electron chi connectivity index (χ0n) is 27.7. The first-order valence-electron chi connectivity index (χ1n) is 16.5. The molecule has 0 aliphatic carbocycles. The summed E-state index contributed by atoms with van der Waals surface area (Å²) in [5, 5.41) is 21.9. The van der Waals surface area contributed by atoms with Crippen LogP contribution in [-0.4, -0.2) is 88.4 Å². The highest BCUT2D eigenvalue weighted by molar-refractivity contribution is 5.60. The topological polar surface area (TPSA) is 112 Å². The fourth-order valence-corrected chi connectivity index (χ4v) is 6.20. The molecule has 2 fully saturated rings. The monoisotopic (exact) mass is 661 g/mol. The molecule has 6 rings (SSSR count). The number of nitrogens with zero attached hydrogens (tertiary/aromatic N) is 7. The Labute approximate surface area is 287 Å². The number of pyridine rings is 1. The van der Waals surface area contributed by atoms with Crippen LogP contribution in [0.1, 0.15) is 22.7 Å². The van der Waals surface area contributed by atoms with E-state index in [4.69, 9.17) is 0 Å². The Morgan fingerprint density at radius 2 is 1.41 bits per heavy atom. The highest BCUT2D eigenvalue weighted by Crippen LogP contribution is 2.30. The number of hydrogen-bond acceptors (Lipinski definition) is 9. The number of para-hydroxylation sites is 1. The lowest BCUT2D eigenvalue weighted by Gasteiger charge is -2.42. The van der Waals surface area contributed by atoms with Crippen molar-refractivity contribution in [3.8, 4) is 0 Å². The van der Waals surface area contributed by atoms with Crippen molar-refractivity contribution in [2.24, 2.45) is 0 Å². The molecule has 0 N–H and O–H groups in total. The van der Waals surface area contributed by atoms with Crippen molar-refractivity contribution in [2.45, 2.75) is 12.6 Å². The van der Waals surface area contributed by atoms with Crippen LogP contribution in [0.2, 0.25) is 0 Å². The number of rotatable bonds is 11. The highest BCUT2D eigenvalue weighted by Gasteiger charge is 2.28. The minimum atomic E-state index is -0.358. The van der Waals surface area contributed by atoms with E-state index in [1.54, 1.807) is 24.3 Å². The minimum absolute atomic E-state index is 0.125. The summed E-state index contributed by atoms with van der Waals surface area (Å²) in [6, 6.07) is 28.6. The maximum Gasteiger partial charge on any atom is 0.276 e. The lowest BCUT2D eigenvalue weighted by atomic mass is 10.0. The quantitative estimate of drug-likeness (QED) is 0.102. The Balaban J connectivity index is 0.000000200. The SMILES string of the molecule is C=CCN1CCN(CC=Cc2ccccc2[N+](=O)[O-])CC1.O=[N+]([O-])c1ccc(N2CCN(Cc3ccncc3)C(c3ccccc3)C2)cc1. The van der Waals surface area contributed by atoms with Gasteiger partial charge in [-0.05, 0) is 41.5 Å². The number of piperazine rings is 2. The van der Waals surface area contributed by atoms with Crippen LogP contribution in [-0.2, 0) is 6.54 Å². The van der Waals surface area contributed by atoms with Crippen molar-refractivity contribution >= 4 is 23.1 Å². The highest BCUT2D eigenvalue weighted by atomic mass is 16.6. The molecule has 2 aliphatic heterocycles. The van der Waals surface area contributed by atoms with Crippen LogP contribution < -0.4 is 4.90 Å². The van der Waals surface area contributed by atoms with Crippen LogP contribution >= 0.6 is 0 Å². The third-order valence-corrected chi connectivity index (χ3v) is 8.88. The molecule has 0 radical (unpaired) electrons. The summed E-state index contributed by atoms with van der Waals surface area (Å²) in [6.45, 7) is 13.2. The number of anilines is 1. The van der Waals surface area contributed by atoms with Gasteiger partial charge in [-0.1, -0.05) is 60.7 Å². The van der Waals surface area contributed by atoms with Crippen molar-refractivity contribution in [2.75, 3.05) is 63.8 Å². The van der Waals surface area contributed by atoms with E-state index >= 15 is 0 Å². The van der Waals surface area contributed by atoms with Crippen LogP contribution in [0, 0.1) is 20.2 Å². The van der Waals surface area contributed by atoms with E-state index in [0.717, 1.165) is 71.1 Å². The second kappa shape index (κ2) is 17.8. The lowest BCUT2D eigenvalue weighted by Crippen LogP contribution is -2.48. The standard InChI is InChI=1S/C22H22N4O2.C16H21N3O2/c27-26(28)21-8-6-20(7-9-21)24-14-15-25(16-18-10-12-23-13-11-18)22(17-24)19-4-2-1-3-5-19;1-2-9-17-11-13-18(14-12-17)10-5-7-15-6-3-4-8-16(15)19(20)21/h1-13,22H,14-17H2;2-8H,1,9-14H2. The smallest absolute Gasteiger partial charge is 0.276 e. The molecule has 1 atom stereocenters. The van der Waals surface area contributed by atoms with Crippen molar-refractivity contribution in [1.29, 1.82) is 0 Å². The van der Waals surface area contributed by atoms with Gasteiger partial charge in [0.15, 0.2) is 0 Å². The first kappa shape index (κ1) is 35.1. The van der Waals surface area contributed by atoms with Gasteiger partial charge in [0.2, 0.25) is 0 Å². The zero-order chi connectivity index (χ0) is 34.4. The van der Waals surface area contributed by atoms with Crippen molar-refractivity contribution in [3.63, 3.8) is 0 Å². The van der Waals surface area contributed by atoms with Crippen molar-refractivity contribution < 1.29 is 9.85 Å². The fraction of sp³-hybridized carbons (Fsp3) is 0.289. The van der Waals surface area contributed by atoms with E-state index in [1.165, 1.54) is 17.2 Å². The largest absolute Gasteiger partial charge is 0.368 e. The van der Waals surface area contributed by atoms with Crippen LogP contribution in [0.3, 0.4) is 0 Å². The predicted octanol–water partition coefficient (Wildman–Crippen LogP) is 6.46. The summed E-state index contributed by atoms with van der Waals surface area (Å²) < 4.78 is 0. The normalized spacial score (nSPS) is 17.3. The summed E-state index contributed by atoms with van der Waals surface area (Å²) in [5.41, 5.74) is 4.50. The van der Waals surface area contributed by atoms with Crippen LogP contribution in [0.15, 0.2) is 122 Å². The van der Waals surface area contributed by atoms with Gasteiger partial charge in [0, 0.05) is 102 Å². The van der Waals surface area contributed by atoms with Gasteiger partial charge in [0.05, 0.1) is 21.5 Å². The number of nitro groups is 2. The Morgan fingerprint density at radius 1 is 0.755 bits per heavy atom. The van der Waals surface area contributed by atoms with Crippen LogP contribution in [0.5, 0.6) is 0 Å². The summed E-state index contributed by atoms with van der Waals surface area (Å²) >= 11 is 0. The molecule has 2 saturated heterocycles. The Morgan fingerprint density at radius 3 is 2.06 bits per heavy atom. The average Bonchev–Trinajstić information content (AvgIpc) is 3.14. The Bertz CT molecular complexity index is 1680. The van der Waals surface area contributed by atoms with Crippen molar-refractivity contribution in [3.05, 3.63) is 159 Å². The summed E-state index contributed by atoms with van der Waals surface area (Å²) in [7, 11) is 0. The third-order valence-electron chi connectivity index (χ3n) is 8.88. The molecule has 254 valence electrons. The first-order valence-corrected chi connectivity index (χ1v) is 16.5. The Kier molecular flexibility index (Phi) is 12.7. The van der Waals surface area contributed by atoms with Gasteiger partial charge in [-0.25, -0.2) is 0 Å². The van der Waals surface area contributed by atoms with Gasteiger partial charge in [-0.3, -0.25) is 39.9 Å². The number of aromatic nitrogens is 1. The van der Waals surface area contributed by atoms with Gasteiger partial charge >= 0.3 is 0 Å². The van der Waals surface area contributed by atoms with E-state index in [-0.39, 0.29) is 27.3 Å². The average molecular weight is 662 g/mol. The predicted molar refractivity (Wildman–Crippen MR) is 194 cm³/mol. The first-order chi connectivity index (χ1) is 23.9. The third kappa shape index (κ3) is 10.1. The van der Waals surface area contributed by atoms with Gasteiger partial charge < -0.3 is 4.90 Å². The number of benzene rings is 3. The van der Waals surface area contributed by atoms with Gasteiger partial charge in [-0.2, -0.15) is 0 Å². The molecule has 3 aromatic carbocycles. The molecular weight excluding hydrogens is 618 g/mol. The zero-order valence-corrected chi connectivity index (χ0v) is 27.7. The number of nitro benzene ring substituents is 2. The number of hydrogen-bond donors (Lipinski definition) is 0. The summed E-state index contributed by atoms with van der Waals surface area (Å²) in [4.78, 5) is 34.8. The molecule has 1 unspecified atom stereocenters. The van der Waals surface area contributed by atoms with Crippen LogP contribution in [0.4, 0.5) is 17.1 Å². The molecule has 3 heterocycles. The second-order valence-electron chi connectivity index (χ2n) is 12.1. The molecule has 0 saturated carbocycles. The molecule has 4 aromatic rings. The van der Waals surface area contributed by atoms with Gasteiger partial charge in [-0.15, -0.1) is 6.58 Å². The van der Waals surface area contributed by atoms with Gasteiger partial charge in [0.1, 0.15) is 0 Å². The molecule has 0 amide bonds. The maximum atomic E-state index is 10.9. The van der Waals surface area contributed by atoms with Gasteiger partial charge in [0.25, 0.3) is 11.4 Å². The fourth-order valence-electron chi connectivity index (χ4n) is 6.20. The molecule has 2 aliphatic rings. The van der Waals surface area contributed by atoms with E-state index in [1.807, 2.05) is 54.9 Å². The molecule has 0 bridgehead atoms. The van der Waals surface area contributed by atoms with Crippen LogP contribution in [0.25, 0.3) is 6.08 Å². The molecule has 0 spiro atoms. The molecule has 11 nitrogen and oxygen atoms in total. The molecule has 11 heteroatoms. The number of non-ortho nitro benzene ring substituents is 1. The molecule has 49 heavy (non-hydrogen) atoms. The molecule has 1 aromatic heterocycles. The van der Waals surface area contributed by atoms with E-state index in [9.17, 15) is 20.2 Å². The summed E-state index contributed by atoms with van der Waals surface area (Å²) in [6.07, 6.45) is 9.45. The van der Waals surface area contributed by atoms with E-state index in [2.05, 4.69) is 67.6 Å². The molecular formula is C38H43N7O4. The lowest BCUT2D eigenvalue weighted by molar-refractivity contribution is -0.385. The maximum absolute atomic E-state index is 10.9. The van der Waals surface area contributed by atoms with E-state index < -0.39 is 0 Å². The minimum Gasteiger partial charge on any atom is -0.368 e. The summed E-state index contributed by atoms with van der Waals surface area (Å²) in [5.74, 6) is 0. The second-order valence-corrected chi connectivity index (χ2v) is 12.1.